The maximum absolute atomic E-state index is 13.9. The molecule has 4 aromatic rings. The molecule has 0 bridgehead atoms. The van der Waals surface area contributed by atoms with Gasteiger partial charge in [0.1, 0.15) is 11.9 Å². The lowest BCUT2D eigenvalue weighted by Gasteiger charge is -2.25. The Morgan fingerprint density at radius 2 is 1.87 bits per heavy atom. The first-order valence-corrected chi connectivity index (χ1v) is 13.3. The lowest BCUT2D eigenvalue weighted by atomic mass is 9.96. The quantitative estimate of drug-likeness (QED) is 0.329. The zero-order valence-electron chi connectivity index (χ0n) is 21.3. The van der Waals surface area contributed by atoms with Gasteiger partial charge in [-0.2, -0.15) is 0 Å². The normalized spacial score (nSPS) is 15.4. The van der Waals surface area contributed by atoms with Gasteiger partial charge in [-0.1, -0.05) is 41.1 Å². The number of aryl methyl sites for hydroxylation is 1. The number of hydrogen-bond acceptors (Lipinski definition) is 5. The van der Waals surface area contributed by atoms with Gasteiger partial charge in [-0.05, 0) is 81.3 Å². The number of esters is 1. The highest BCUT2D eigenvalue weighted by molar-refractivity contribution is 7.07. The predicted molar refractivity (Wildman–Crippen MR) is 147 cm³/mol. The maximum atomic E-state index is 13.9. The molecule has 38 heavy (non-hydrogen) atoms. The minimum atomic E-state index is -0.771. The first-order chi connectivity index (χ1) is 18.2. The molecule has 0 saturated heterocycles. The van der Waals surface area contributed by atoms with Crippen molar-refractivity contribution in [2.75, 3.05) is 6.61 Å². The number of thiazole rings is 1. The topological polar surface area (TPSA) is 65.6 Å². The van der Waals surface area contributed by atoms with E-state index >= 15 is 0 Å². The number of aromatic nitrogens is 2. The number of hydrogen-bond donors (Lipinski definition) is 0. The standard InChI is InChI=1S/C29H25ClFN3O3S/c1-5-37-28(36)25-17(3)32-29-34(26(25)22-8-6-7-9-23(22)30)27(35)24(38-29)15-19-14-16(2)33(18(19)4)21-12-10-20(31)11-13-21/h6-15,26H,5H2,1-4H3/b24-15-/t26-/m0/s1. The van der Waals surface area contributed by atoms with Gasteiger partial charge >= 0.3 is 5.97 Å². The minimum Gasteiger partial charge on any atom is -0.463 e. The van der Waals surface area contributed by atoms with Gasteiger partial charge in [0, 0.05) is 22.1 Å². The molecule has 2 aromatic carbocycles. The Morgan fingerprint density at radius 1 is 1.16 bits per heavy atom. The fraction of sp³-hybridized carbons (Fsp3) is 0.207. The summed E-state index contributed by atoms with van der Waals surface area (Å²) in [5, 5.41) is 0.437. The fourth-order valence-electron chi connectivity index (χ4n) is 4.85. The molecule has 5 rings (SSSR count). The molecule has 1 aliphatic rings. The highest BCUT2D eigenvalue weighted by atomic mass is 35.5. The molecule has 3 heterocycles. The zero-order valence-corrected chi connectivity index (χ0v) is 22.9. The maximum Gasteiger partial charge on any atom is 0.338 e. The molecule has 0 fully saturated rings. The third-order valence-corrected chi connectivity index (χ3v) is 7.89. The van der Waals surface area contributed by atoms with Gasteiger partial charge in [-0.3, -0.25) is 9.36 Å². The van der Waals surface area contributed by atoms with Crippen LogP contribution in [-0.4, -0.2) is 21.7 Å². The number of halogens is 2. The molecule has 9 heteroatoms. The Balaban J connectivity index is 1.70. The second-order valence-corrected chi connectivity index (χ2v) is 10.4. The third kappa shape index (κ3) is 4.44. The number of nitrogens with zero attached hydrogens (tertiary/aromatic N) is 3. The van der Waals surface area contributed by atoms with E-state index in [-0.39, 0.29) is 23.6 Å². The SMILES string of the molecule is CCOC(=O)C1=C(C)N=c2s/c(=C\c3cc(C)n(-c4ccc(F)cc4)c3C)c(=O)n2[C@H]1c1ccccc1Cl. The van der Waals surface area contributed by atoms with E-state index in [0.717, 1.165) is 22.6 Å². The predicted octanol–water partition coefficient (Wildman–Crippen LogP) is 5.00. The van der Waals surface area contributed by atoms with Gasteiger partial charge in [-0.15, -0.1) is 0 Å². The van der Waals surface area contributed by atoms with Crippen LogP contribution in [0.2, 0.25) is 5.02 Å². The van der Waals surface area contributed by atoms with Crippen molar-refractivity contribution in [1.29, 1.82) is 0 Å². The molecular formula is C29H25ClFN3O3S. The summed E-state index contributed by atoms with van der Waals surface area (Å²) in [4.78, 5) is 32.0. The van der Waals surface area contributed by atoms with E-state index in [1.165, 1.54) is 28.0 Å². The highest BCUT2D eigenvalue weighted by Crippen LogP contribution is 2.34. The number of rotatable bonds is 5. The Morgan fingerprint density at radius 3 is 2.55 bits per heavy atom. The van der Waals surface area contributed by atoms with Gasteiger partial charge in [-0.25, -0.2) is 14.2 Å². The number of allylic oxidation sites excluding steroid dienone is 1. The van der Waals surface area contributed by atoms with Crippen molar-refractivity contribution in [3.05, 3.63) is 119 Å². The summed E-state index contributed by atoms with van der Waals surface area (Å²) in [7, 11) is 0. The van der Waals surface area contributed by atoms with Gasteiger partial charge in [0.15, 0.2) is 4.80 Å². The molecule has 194 valence electrons. The van der Waals surface area contributed by atoms with E-state index in [1.807, 2.05) is 36.6 Å². The average molecular weight is 550 g/mol. The highest BCUT2D eigenvalue weighted by Gasteiger charge is 2.34. The zero-order chi connectivity index (χ0) is 27.1. The van der Waals surface area contributed by atoms with Crippen molar-refractivity contribution >= 4 is 35.0 Å². The number of fused-ring (bicyclic) bond motifs is 1. The van der Waals surface area contributed by atoms with Crippen molar-refractivity contribution in [2.24, 2.45) is 4.99 Å². The van der Waals surface area contributed by atoms with Crippen LogP contribution in [0.5, 0.6) is 0 Å². The lowest BCUT2D eigenvalue weighted by molar-refractivity contribution is -0.139. The van der Waals surface area contributed by atoms with Crippen molar-refractivity contribution < 1.29 is 13.9 Å². The molecule has 2 aromatic heterocycles. The molecule has 0 saturated carbocycles. The average Bonchev–Trinajstić information content (AvgIpc) is 3.33. The lowest BCUT2D eigenvalue weighted by Crippen LogP contribution is -2.40. The fourth-order valence-corrected chi connectivity index (χ4v) is 6.12. The molecule has 1 atom stereocenters. The molecule has 6 nitrogen and oxygen atoms in total. The first kappa shape index (κ1) is 25.9. The summed E-state index contributed by atoms with van der Waals surface area (Å²) in [6.07, 6.45) is 1.83. The smallest absolute Gasteiger partial charge is 0.338 e. The van der Waals surface area contributed by atoms with Crippen molar-refractivity contribution in [3.8, 4) is 5.69 Å². The number of carbonyl (C=O) groups is 1. The van der Waals surface area contributed by atoms with Crippen LogP contribution in [0.1, 0.15) is 42.4 Å². The van der Waals surface area contributed by atoms with Gasteiger partial charge in [0.05, 0.1) is 22.4 Å². The third-order valence-electron chi connectivity index (χ3n) is 6.56. The van der Waals surface area contributed by atoms with E-state index in [2.05, 4.69) is 4.99 Å². The molecule has 0 aliphatic carbocycles. The Bertz CT molecular complexity index is 1780. The summed E-state index contributed by atoms with van der Waals surface area (Å²) in [6.45, 7) is 7.58. The van der Waals surface area contributed by atoms with Gasteiger partial charge in [0.25, 0.3) is 5.56 Å². The summed E-state index contributed by atoms with van der Waals surface area (Å²) in [6, 6.07) is 14.6. The van der Waals surface area contributed by atoms with E-state index in [0.29, 0.717) is 25.6 Å². The van der Waals surface area contributed by atoms with Crippen LogP contribution in [0.25, 0.3) is 11.8 Å². The molecule has 0 amide bonds. The van der Waals surface area contributed by atoms with E-state index in [1.54, 1.807) is 44.2 Å². The van der Waals surface area contributed by atoms with Gasteiger partial charge in [0.2, 0.25) is 0 Å². The molecular weight excluding hydrogens is 525 g/mol. The summed E-state index contributed by atoms with van der Waals surface area (Å²) in [5.41, 5.74) is 4.65. The van der Waals surface area contributed by atoms with Crippen LogP contribution >= 0.6 is 22.9 Å². The molecule has 0 radical (unpaired) electrons. The Kier molecular flexibility index (Phi) is 6.94. The summed E-state index contributed by atoms with van der Waals surface area (Å²) < 4.78 is 22.8. The molecule has 1 aliphatic heterocycles. The van der Waals surface area contributed by atoms with Crippen molar-refractivity contribution in [1.82, 2.24) is 9.13 Å². The minimum absolute atomic E-state index is 0.193. The first-order valence-electron chi connectivity index (χ1n) is 12.1. The second kappa shape index (κ2) is 10.2. The van der Waals surface area contributed by atoms with E-state index < -0.39 is 12.0 Å². The van der Waals surface area contributed by atoms with Crippen LogP contribution in [0.3, 0.4) is 0 Å². The number of benzene rings is 2. The van der Waals surface area contributed by atoms with E-state index in [9.17, 15) is 14.0 Å². The largest absolute Gasteiger partial charge is 0.463 e. The van der Waals surface area contributed by atoms with Crippen molar-refractivity contribution in [3.63, 3.8) is 0 Å². The Hall–Kier alpha value is -3.75. The molecule has 0 N–H and O–H groups in total. The van der Waals surface area contributed by atoms with Crippen LogP contribution in [-0.2, 0) is 9.53 Å². The number of carbonyl (C=O) groups excluding carboxylic acids is 1. The van der Waals surface area contributed by atoms with Crippen LogP contribution in [0, 0.1) is 19.7 Å². The molecule has 0 unspecified atom stereocenters. The van der Waals surface area contributed by atoms with Crippen molar-refractivity contribution in [2.45, 2.75) is 33.7 Å². The monoisotopic (exact) mass is 549 g/mol. The van der Waals surface area contributed by atoms with Crippen LogP contribution in [0.15, 0.2) is 75.7 Å². The molecule has 0 spiro atoms. The summed E-state index contributed by atoms with van der Waals surface area (Å²) >= 11 is 7.82. The Labute approximate surface area is 227 Å². The van der Waals surface area contributed by atoms with Crippen LogP contribution in [0.4, 0.5) is 4.39 Å². The van der Waals surface area contributed by atoms with Gasteiger partial charge < -0.3 is 9.30 Å². The second-order valence-electron chi connectivity index (χ2n) is 8.96. The summed E-state index contributed by atoms with van der Waals surface area (Å²) in [5.74, 6) is -0.834. The number of ether oxygens (including phenoxy) is 1. The van der Waals surface area contributed by atoms with Crippen LogP contribution < -0.4 is 14.9 Å². The van der Waals surface area contributed by atoms with E-state index in [4.69, 9.17) is 16.3 Å².